The lowest BCUT2D eigenvalue weighted by molar-refractivity contribution is -0.143. The maximum absolute atomic E-state index is 12.9. The number of anilines is 1. The summed E-state index contributed by atoms with van der Waals surface area (Å²) in [6.45, 7) is -0.252. The standard InChI is InChI=1S/C20H16F6N2O/c1-28(2)17-8-4-3-6-13(17)7-5-9-27-18(29)14-10-15(19(21,22)23)12-16(11-14)20(24,25)26/h3-4,6,8,10-12H,9H2,1-2H3,(H,27,29). The second kappa shape index (κ2) is 8.47. The normalized spacial score (nSPS) is 11.4. The van der Waals surface area contributed by atoms with Crippen molar-refractivity contribution in [3.05, 3.63) is 64.7 Å². The summed E-state index contributed by atoms with van der Waals surface area (Å²) in [4.78, 5) is 13.9. The Balaban J connectivity index is 2.20. The molecule has 0 unspecified atom stereocenters. The highest BCUT2D eigenvalue weighted by Crippen LogP contribution is 2.36. The summed E-state index contributed by atoms with van der Waals surface area (Å²) in [6.07, 6.45) is -10.0. The lowest BCUT2D eigenvalue weighted by atomic mass is 10.0. The minimum Gasteiger partial charge on any atom is -0.377 e. The molecule has 0 aliphatic heterocycles. The van der Waals surface area contributed by atoms with Gasteiger partial charge in [0.25, 0.3) is 5.91 Å². The van der Waals surface area contributed by atoms with Gasteiger partial charge in [-0.3, -0.25) is 4.79 Å². The number of carbonyl (C=O) groups is 1. The summed E-state index contributed by atoms with van der Waals surface area (Å²) >= 11 is 0. The first-order chi connectivity index (χ1) is 13.4. The first-order valence-electron chi connectivity index (χ1n) is 8.22. The van der Waals surface area contributed by atoms with E-state index in [2.05, 4.69) is 17.2 Å². The van der Waals surface area contributed by atoms with Crippen LogP contribution in [0, 0.1) is 11.8 Å². The van der Waals surface area contributed by atoms with Crippen LogP contribution in [-0.2, 0) is 12.4 Å². The largest absolute Gasteiger partial charge is 0.416 e. The Bertz CT molecular complexity index is 920. The van der Waals surface area contributed by atoms with Crippen molar-refractivity contribution >= 4 is 11.6 Å². The van der Waals surface area contributed by atoms with Crippen molar-refractivity contribution in [2.45, 2.75) is 12.4 Å². The number of amides is 1. The highest BCUT2D eigenvalue weighted by atomic mass is 19.4. The zero-order valence-electron chi connectivity index (χ0n) is 15.4. The van der Waals surface area contributed by atoms with Crippen molar-refractivity contribution in [1.29, 1.82) is 0 Å². The van der Waals surface area contributed by atoms with Crippen molar-refractivity contribution in [2.75, 3.05) is 25.5 Å². The third kappa shape index (κ3) is 5.91. The van der Waals surface area contributed by atoms with E-state index < -0.39 is 35.0 Å². The molecule has 0 aliphatic rings. The summed E-state index contributed by atoms with van der Waals surface area (Å²) in [5.74, 6) is 4.35. The average molecular weight is 414 g/mol. The number of halogens is 6. The zero-order valence-corrected chi connectivity index (χ0v) is 15.4. The van der Waals surface area contributed by atoms with Gasteiger partial charge in [-0.25, -0.2) is 0 Å². The van der Waals surface area contributed by atoms with Crippen LogP contribution in [-0.4, -0.2) is 26.5 Å². The molecule has 0 spiro atoms. The first kappa shape index (κ1) is 22.1. The summed E-state index contributed by atoms with van der Waals surface area (Å²) in [5, 5.41) is 2.21. The topological polar surface area (TPSA) is 32.3 Å². The van der Waals surface area contributed by atoms with Crippen molar-refractivity contribution in [3.63, 3.8) is 0 Å². The Morgan fingerprint density at radius 2 is 1.52 bits per heavy atom. The molecule has 0 heterocycles. The fourth-order valence-corrected chi connectivity index (χ4v) is 2.42. The molecule has 0 bridgehead atoms. The molecule has 2 aromatic rings. The molecule has 9 heteroatoms. The van der Waals surface area contributed by atoms with Crippen LogP contribution in [0.15, 0.2) is 42.5 Å². The van der Waals surface area contributed by atoms with Gasteiger partial charge in [0, 0.05) is 25.2 Å². The molecular formula is C20H16F6N2O. The van der Waals surface area contributed by atoms with Crippen molar-refractivity contribution in [1.82, 2.24) is 5.32 Å². The number of hydrogen-bond acceptors (Lipinski definition) is 2. The predicted octanol–water partition coefficient (Wildman–Crippen LogP) is 4.57. The van der Waals surface area contributed by atoms with E-state index in [9.17, 15) is 31.1 Å². The number of benzene rings is 2. The Morgan fingerprint density at radius 3 is 2.03 bits per heavy atom. The number of para-hydroxylation sites is 1. The molecular weight excluding hydrogens is 398 g/mol. The van der Waals surface area contributed by atoms with E-state index in [4.69, 9.17) is 0 Å². The third-order valence-electron chi connectivity index (χ3n) is 3.80. The highest BCUT2D eigenvalue weighted by molar-refractivity contribution is 5.94. The number of nitrogens with one attached hydrogen (secondary N) is 1. The average Bonchev–Trinajstić information content (AvgIpc) is 2.63. The Hall–Kier alpha value is -3.15. The molecule has 0 aromatic heterocycles. The quantitative estimate of drug-likeness (QED) is 0.590. The SMILES string of the molecule is CN(C)c1ccccc1C#CCNC(=O)c1cc(C(F)(F)F)cc(C(F)(F)F)c1. The van der Waals surface area contributed by atoms with Gasteiger partial charge in [-0.15, -0.1) is 0 Å². The van der Waals surface area contributed by atoms with Crippen LogP contribution in [0.5, 0.6) is 0 Å². The fourth-order valence-electron chi connectivity index (χ4n) is 2.42. The van der Waals surface area contributed by atoms with Gasteiger partial charge in [0.15, 0.2) is 0 Å². The van der Waals surface area contributed by atoms with Crippen LogP contribution >= 0.6 is 0 Å². The van der Waals surface area contributed by atoms with E-state index in [-0.39, 0.29) is 12.6 Å². The maximum atomic E-state index is 12.9. The Labute approximate surface area is 163 Å². The van der Waals surface area contributed by atoms with Gasteiger partial charge in [0.2, 0.25) is 0 Å². The minimum atomic E-state index is -5.02. The van der Waals surface area contributed by atoms with Crippen molar-refractivity contribution in [3.8, 4) is 11.8 Å². The summed E-state index contributed by atoms with van der Waals surface area (Å²) < 4.78 is 77.2. The molecule has 0 saturated heterocycles. The molecule has 0 fully saturated rings. The van der Waals surface area contributed by atoms with Crippen LogP contribution in [0.4, 0.5) is 32.0 Å². The molecule has 154 valence electrons. The van der Waals surface area contributed by atoms with Crippen LogP contribution in [0.25, 0.3) is 0 Å². The van der Waals surface area contributed by atoms with E-state index in [1.807, 2.05) is 31.1 Å². The third-order valence-corrected chi connectivity index (χ3v) is 3.80. The van der Waals surface area contributed by atoms with Gasteiger partial charge in [-0.05, 0) is 30.3 Å². The number of nitrogens with zero attached hydrogens (tertiary/aromatic N) is 1. The molecule has 0 aliphatic carbocycles. The fraction of sp³-hybridized carbons (Fsp3) is 0.250. The lowest BCUT2D eigenvalue weighted by Gasteiger charge is -2.14. The monoisotopic (exact) mass is 414 g/mol. The molecule has 0 atom stereocenters. The van der Waals surface area contributed by atoms with Gasteiger partial charge in [-0.2, -0.15) is 26.3 Å². The minimum absolute atomic E-state index is 0.0330. The van der Waals surface area contributed by atoms with Crippen LogP contribution < -0.4 is 10.2 Å². The second-order valence-electron chi connectivity index (χ2n) is 6.19. The predicted molar refractivity (Wildman–Crippen MR) is 96.4 cm³/mol. The van der Waals surface area contributed by atoms with E-state index in [0.717, 1.165) is 5.69 Å². The molecule has 0 radical (unpaired) electrons. The zero-order chi connectivity index (χ0) is 21.8. The molecule has 29 heavy (non-hydrogen) atoms. The van der Waals surface area contributed by atoms with Gasteiger partial charge in [-0.1, -0.05) is 24.0 Å². The highest BCUT2D eigenvalue weighted by Gasteiger charge is 2.37. The molecule has 2 aromatic carbocycles. The van der Waals surface area contributed by atoms with Gasteiger partial charge in [0.05, 0.1) is 23.4 Å². The molecule has 3 nitrogen and oxygen atoms in total. The van der Waals surface area contributed by atoms with Gasteiger partial charge >= 0.3 is 12.4 Å². The van der Waals surface area contributed by atoms with E-state index in [1.54, 1.807) is 12.1 Å². The van der Waals surface area contributed by atoms with Crippen LogP contribution in [0.1, 0.15) is 27.0 Å². The van der Waals surface area contributed by atoms with Crippen LogP contribution in [0.2, 0.25) is 0 Å². The molecule has 1 N–H and O–H groups in total. The summed E-state index contributed by atoms with van der Waals surface area (Å²) in [7, 11) is 3.63. The van der Waals surface area contributed by atoms with Gasteiger partial charge in [0.1, 0.15) is 0 Å². The molecule has 1 amide bonds. The van der Waals surface area contributed by atoms with Crippen molar-refractivity contribution < 1.29 is 31.1 Å². The van der Waals surface area contributed by atoms with Crippen molar-refractivity contribution in [2.24, 2.45) is 0 Å². The van der Waals surface area contributed by atoms with E-state index in [0.29, 0.717) is 17.7 Å². The molecule has 0 saturated carbocycles. The summed E-state index contributed by atoms with van der Waals surface area (Å²) in [6, 6.07) is 7.86. The smallest absolute Gasteiger partial charge is 0.377 e. The molecule has 2 rings (SSSR count). The number of hydrogen-bond donors (Lipinski definition) is 1. The number of alkyl halides is 6. The lowest BCUT2D eigenvalue weighted by Crippen LogP contribution is -2.25. The second-order valence-corrected chi connectivity index (χ2v) is 6.19. The summed E-state index contributed by atoms with van der Waals surface area (Å²) in [5.41, 5.74) is -2.38. The Morgan fingerprint density at radius 1 is 0.966 bits per heavy atom. The number of rotatable bonds is 3. The van der Waals surface area contributed by atoms with Gasteiger partial charge < -0.3 is 10.2 Å². The van der Waals surface area contributed by atoms with Crippen LogP contribution in [0.3, 0.4) is 0 Å². The Kier molecular flexibility index (Phi) is 6.47. The van der Waals surface area contributed by atoms with E-state index in [1.165, 1.54) is 0 Å². The van der Waals surface area contributed by atoms with E-state index >= 15 is 0 Å². The first-order valence-corrected chi connectivity index (χ1v) is 8.22. The maximum Gasteiger partial charge on any atom is 0.416 e. The number of carbonyl (C=O) groups excluding carboxylic acids is 1.